The molecule has 0 saturated carbocycles. The molecule has 116 valence electrons. The molecule has 0 bridgehead atoms. The lowest BCUT2D eigenvalue weighted by molar-refractivity contribution is 0.693. The quantitative estimate of drug-likeness (QED) is 0.577. The molecule has 2 heterocycles. The summed E-state index contributed by atoms with van der Waals surface area (Å²) in [4.78, 5) is 9.49. The monoisotopic (exact) mass is 304 g/mol. The minimum Gasteiger partial charge on any atom is -0.331 e. The Morgan fingerprint density at radius 1 is 0.696 bits per heavy atom. The van der Waals surface area contributed by atoms with Gasteiger partial charge in [0, 0.05) is 26.9 Å². The number of rotatable bonds is 4. The van der Waals surface area contributed by atoms with Crippen molar-refractivity contribution in [3.8, 4) is 0 Å². The Labute approximate surface area is 135 Å². The maximum Gasteiger partial charge on any atom is 0.109 e. The highest BCUT2D eigenvalue weighted by atomic mass is 15.1. The zero-order chi connectivity index (χ0) is 15.8. The number of aryl methyl sites for hydroxylation is 4. The number of hydrogen-bond donors (Lipinski definition) is 0. The van der Waals surface area contributed by atoms with Gasteiger partial charge in [0.2, 0.25) is 0 Å². The molecule has 4 heteroatoms. The molecule has 0 spiro atoms. The van der Waals surface area contributed by atoms with Gasteiger partial charge in [-0.25, -0.2) is 9.97 Å². The van der Waals surface area contributed by atoms with Crippen LogP contribution in [0.3, 0.4) is 0 Å². The van der Waals surface area contributed by atoms with Gasteiger partial charge in [-0.15, -0.1) is 0 Å². The third-order valence-electron chi connectivity index (χ3n) is 4.56. The van der Waals surface area contributed by atoms with E-state index in [9.17, 15) is 0 Å². The smallest absolute Gasteiger partial charge is 0.109 e. The summed E-state index contributed by atoms with van der Waals surface area (Å²) < 4.78 is 4.40. The lowest BCUT2D eigenvalue weighted by Gasteiger charge is -2.04. The van der Waals surface area contributed by atoms with Crippen molar-refractivity contribution in [2.24, 2.45) is 14.1 Å². The number of benzene rings is 2. The van der Waals surface area contributed by atoms with Crippen molar-refractivity contribution < 1.29 is 0 Å². The summed E-state index contributed by atoms with van der Waals surface area (Å²) in [5, 5.41) is 0. The standard InChI is InChI=1S/C19H20N4/c1-22-16-10-5-3-8-14(16)20-18(22)12-7-13-19-21-15-9-4-6-11-17(15)23(19)2/h3-6,8-11H,7,12-13H2,1-2H3. The van der Waals surface area contributed by atoms with Crippen LogP contribution < -0.4 is 0 Å². The maximum absolute atomic E-state index is 4.74. The van der Waals surface area contributed by atoms with E-state index < -0.39 is 0 Å². The fourth-order valence-corrected chi connectivity index (χ4v) is 3.24. The first kappa shape index (κ1) is 14.0. The van der Waals surface area contributed by atoms with Crippen LogP contribution in [0.15, 0.2) is 48.5 Å². The molecular formula is C19H20N4. The molecule has 2 aromatic carbocycles. The third kappa shape index (κ3) is 2.40. The minimum atomic E-state index is 0.967. The van der Waals surface area contributed by atoms with E-state index in [0.29, 0.717) is 0 Å². The van der Waals surface area contributed by atoms with Crippen LogP contribution in [0.25, 0.3) is 22.1 Å². The molecule has 0 N–H and O–H groups in total. The van der Waals surface area contributed by atoms with Gasteiger partial charge in [0.25, 0.3) is 0 Å². The van der Waals surface area contributed by atoms with Crippen LogP contribution in [0, 0.1) is 0 Å². The molecule has 4 nitrogen and oxygen atoms in total. The predicted molar refractivity (Wildman–Crippen MR) is 93.5 cm³/mol. The first-order chi connectivity index (χ1) is 11.2. The molecule has 0 unspecified atom stereocenters. The van der Waals surface area contributed by atoms with Gasteiger partial charge in [0.05, 0.1) is 22.1 Å². The summed E-state index contributed by atoms with van der Waals surface area (Å²) in [7, 11) is 4.19. The number of para-hydroxylation sites is 4. The Morgan fingerprint density at radius 2 is 1.13 bits per heavy atom. The van der Waals surface area contributed by atoms with E-state index in [1.807, 2.05) is 12.1 Å². The lowest BCUT2D eigenvalue weighted by Crippen LogP contribution is -2.02. The molecule has 0 aliphatic carbocycles. The summed E-state index contributed by atoms with van der Waals surface area (Å²) in [6.45, 7) is 0. The number of hydrogen-bond acceptors (Lipinski definition) is 2. The van der Waals surface area contributed by atoms with Crippen molar-refractivity contribution in [2.45, 2.75) is 19.3 Å². The van der Waals surface area contributed by atoms with E-state index in [1.54, 1.807) is 0 Å². The SMILES string of the molecule is Cn1c(CCCc2nc3ccccc3n2C)nc2ccccc21. The molecule has 4 rings (SSSR count). The van der Waals surface area contributed by atoms with Gasteiger partial charge in [-0.05, 0) is 30.7 Å². The van der Waals surface area contributed by atoms with Crippen LogP contribution in [0.5, 0.6) is 0 Å². The Hall–Kier alpha value is -2.62. The van der Waals surface area contributed by atoms with E-state index in [0.717, 1.165) is 41.9 Å². The topological polar surface area (TPSA) is 35.6 Å². The van der Waals surface area contributed by atoms with Crippen molar-refractivity contribution in [3.63, 3.8) is 0 Å². The van der Waals surface area contributed by atoms with E-state index >= 15 is 0 Å². The van der Waals surface area contributed by atoms with Crippen molar-refractivity contribution in [2.75, 3.05) is 0 Å². The molecule has 2 aromatic heterocycles. The molecule has 0 fully saturated rings. The Bertz CT molecular complexity index is 898. The maximum atomic E-state index is 4.74. The summed E-state index contributed by atoms with van der Waals surface area (Å²) in [5.74, 6) is 2.29. The number of fused-ring (bicyclic) bond motifs is 2. The zero-order valence-corrected chi connectivity index (χ0v) is 13.5. The van der Waals surface area contributed by atoms with Crippen molar-refractivity contribution >= 4 is 22.1 Å². The fraction of sp³-hybridized carbons (Fsp3) is 0.263. The van der Waals surface area contributed by atoms with Crippen LogP contribution in [0.4, 0.5) is 0 Å². The zero-order valence-electron chi connectivity index (χ0n) is 13.5. The predicted octanol–water partition coefficient (Wildman–Crippen LogP) is 3.64. The van der Waals surface area contributed by atoms with E-state index in [4.69, 9.17) is 9.97 Å². The highest BCUT2D eigenvalue weighted by Crippen LogP contribution is 2.18. The third-order valence-corrected chi connectivity index (χ3v) is 4.56. The molecule has 23 heavy (non-hydrogen) atoms. The summed E-state index contributed by atoms with van der Waals surface area (Å²) in [6, 6.07) is 16.6. The average Bonchev–Trinajstić information content (AvgIpc) is 3.07. The second-order valence-electron chi connectivity index (χ2n) is 6.01. The second kappa shape index (κ2) is 5.54. The number of imidazole rings is 2. The Kier molecular flexibility index (Phi) is 3.37. The van der Waals surface area contributed by atoms with Gasteiger partial charge in [-0.3, -0.25) is 0 Å². The highest BCUT2D eigenvalue weighted by molar-refractivity contribution is 5.76. The van der Waals surface area contributed by atoms with Gasteiger partial charge in [-0.1, -0.05) is 24.3 Å². The van der Waals surface area contributed by atoms with Crippen LogP contribution >= 0.6 is 0 Å². The second-order valence-corrected chi connectivity index (χ2v) is 6.01. The summed E-state index contributed by atoms with van der Waals surface area (Å²) in [6.07, 6.45) is 2.98. The van der Waals surface area contributed by atoms with Crippen molar-refractivity contribution in [1.29, 1.82) is 0 Å². The first-order valence-electron chi connectivity index (χ1n) is 8.05. The summed E-state index contributed by atoms with van der Waals surface area (Å²) >= 11 is 0. The van der Waals surface area contributed by atoms with E-state index in [1.165, 1.54) is 11.0 Å². The van der Waals surface area contributed by atoms with Crippen molar-refractivity contribution in [1.82, 2.24) is 19.1 Å². The van der Waals surface area contributed by atoms with Crippen LogP contribution in [0.2, 0.25) is 0 Å². The van der Waals surface area contributed by atoms with Gasteiger partial charge in [-0.2, -0.15) is 0 Å². The number of aromatic nitrogens is 4. The molecule has 0 radical (unpaired) electrons. The average molecular weight is 304 g/mol. The van der Waals surface area contributed by atoms with E-state index in [-0.39, 0.29) is 0 Å². The van der Waals surface area contributed by atoms with Gasteiger partial charge >= 0.3 is 0 Å². The molecule has 0 aliphatic rings. The molecule has 4 aromatic rings. The summed E-state index contributed by atoms with van der Waals surface area (Å²) in [5.41, 5.74) is 4.55. The fourth-order valence-electron chi connectivity index (χ4n) is 3.24. The highest BCUT2D eigenvalue weighted by Gasteiger charge is 2.09. The normalized spacial score (nSPS) is 11.6. The Morgan fingerprint density at radius 3 is 1.57 bits per heavy atom. The molecule has 0 amide bonds. The van der Waals surface area contributed by atoms with Crippen LogP contribution in [-0.2, 0) is 26.9 Å². The molecule has 0 aliphatic heterocycles. The molecular weight excluding hydrogens is 284 g/mol. The van der Waals surface area contributed by atoms with Crippen molar-refractivity contribution in [3.05, 3.63) is 60.2 Å². The lowest BCUT2D eigenvalue weighted by atomic mass is 10.2. The van der Waals surface area contributed by atoms with Gasteiger partial charge in [0.1, 0.15) is 11.6 Å². The Balaban J connectivity index is 1.52. The first-order valence-corrected chi connectivity index (χ1v) is 8.05. The van der Waals surface area contributed by atoms with Gasteiger partial charge < -0.3 is 9.13 Å². The van der Waals surface area contributed by atoms with E-state index in [2.05, 4.69) is 59.6 Å². The number of nitrogens with zero attached hydrogens (tertiary/aromatic N) is 4. The minimum absolute atomic E-state index is 0.967. The molecule has 0 atom stereocenters. The van der Waals surface area contributed by atoms with Gasteiger partial charge in [0.15, 0.2) is 0 Å². The van der Waals surface area contributed by atoms with Crippen LogP contribution in [0.1, 0.15) is 18.1 Å². The molecule has 0 saturated heterocycles. The largest absolute Gasteiger partial charge is 0.331 e. The van der Waals surface area contributed by atoms with Crippen LogP contribution in [-0.4, -0.2) is 19.1 Å².